The number of nitrogen functional groups attached to an aromatic ring is 1. The number of aryl methyl sites for hydroxylation is 1. The molecule has 2 aromatic rings. The van der Waals surface area contributed by atoms with Crippen molar-refractivity contribution in [2.75, 3.05) is 5.73 Å². The average molecular weight is 310 g/mol. The van der Waals surface area contributed by atoms with Crippen molar-refractivity contribution in [1.82, 2.24) is 0 Å². The van der Waals surface area contributed by atoms with E-state index in [-0.39, 0.29) is 5.82 Å². The lowest BCUT2D eigenvalue weighted by molar-refractivity contribution is 0.305. The number of anilines is 1. The summed E-state index contributed by atoms with van der Waals surface area (Å²) >= 11 is 3.41. The Morgan fingerprint density at radius 1 is 1.28 bits per heavy atom. The van der Waals surface area contributed by atoms with Crippen LogP contribution in [0.5, 0.6) is 5.75 Å². The Morgan fingerprint density at radius 3 is 2.78 bits per heavy atom. The van der Waals surface area contributed by atoms with Crippen molar-refractivity contribution in [3.05, 3.63) is 57.8 Å². The molecule has 0 saturated carbocycles. The second-order valence-electron chi connectivity index (χ2n) is 4.02. The van der Waals surface area contributed by atoms with E-state index < -0.39 is 0 Å². The minimum Gasteiger partial charge on any atom is -0.489 e. The number of halogens is 2. The summed E-state index contributed by atoms with van der Waals surface area (Å²) in [4.78, 5) is 0. The van der Waals surface area contributed by atoms with Crippen LogP contribution in [-0.4, -0.2) is 0 Å². The van der Waals surface area contributed by atoms with Crippen LogP contribution in [0, 0.1) is 12.7 Å². The summed E-state index contributed by atoms with van der Waals surface area (Å²) in [5.41, 5.74) is 7.98. The van der Waals surface area contributed by atoms with Crippen LogP contribution < -0.4 is 10.5 Å². The molecule has 2 nitrogen and oxygen atoms in total. The van der Waals surface area contributed by atoms with Gasteiger partial charge in [0, 0.05) is 15.7 Å². The van der Waals surface area contributed by atoms with E-state index in [1.165, 1.54) is 6.07 Å². The van der Waals surface area contributed by atoms with Gasteiger partial charge in [-0.15, -0.1) is 0 Å². The Morgan fingerprint density at radius 2 is 2.06 bits per heavy atom. The van der Waals surface area contributed by atoms with Crippen LogP contribution in [0.25, 0.3) is 0 Å². The zero-order valence-electron chi connectivity index (χ0n) is 9.91. The molecule has 0 fully saturated rings. The topological polar surface area (TPSA) is 35.2 Å². The first kappa shape index (κ1) is 12.9. The highest BCUT2D eigenvalue weighted by Gasteiger charge is 2.05. The molecule has 0 amide bonds. The lowest BCUT2D eigenvalue weighted by Crippen LogP contribution is -1.99. The van der Waals surface area contributed by atoms with Gasteiger partial charge in [0.1, 0.15) is 18.2 Å². The Kier molecular flexibility index (Phi) is 3.87. The first-order valence-corrected chi connectivity index (χ1v) is 6.29. The molecule has 0 aliphatic rings. The largest absolute Gasteiger partial charge is 0.489 e. The third-order valence-corrected chi connectivity index (χ3v) is 3.60. The van der Waals surface area contributed by atoms with Crippen molar-refractivity contribution in [1.29, 1.82) is 0 Å². The Hall–Kier alpha value is -1.55. The summed E-state index contributed by atoms with van der Waals surface area (Å²) in [6.45, 7) is 2.09. The SMILES string of the molecule is Cc1cc(OCc2cccc(N)c2Br)ccc1F. The van der Waals surface area contributed by atoms with Gasteiger partial charge in [-0.3, -0.25) is 0 Å². The summed E-state index contributed by atoms with van der Waals surface area (Å²) in [5.74, 6) is 0.413. The average Bonchev–Trinajstić information content (AvgIpc) is 2.35. The van der Waals surface area contributed by atoms with Crippen LogP contribution in [0.3, 0.4) is 0 Å². The molecule has 0 spiro atoms. The van der Waals surface area contributed by atoms with Gasteiger partial charge in [0.15, 0.2) is 0 Å². The minimum atomic E-state index is -0.229. The highest BCUT2D eigenvalue weighted by molar-refractivity contribution is 9.10. The molecule has 0 aromatic heterocycles. The molecule has 18 heavy (non-hydrogen) atoms. The van der Waals surface area contributed by atoms with E-state index in [2.05, 4.69) is 15.9 Å². The van der Waals surface area contributed by atoms with Gasteiger partial charge >= 0.3 is 0 Å². The van der Waals surface area contributed by atoms with Gasteiger partial charge in [0.05, 0.1) is 0 Å². The first-order valence-electron chi connectivity index (χ1n) is 5.50. The number of hydrogen-bond acceptors (Lipinski definition) is 2. The van der Waals surface area contributed by atoms with Gasteiger partial charge in [0.2, 0.25) is 0 Å². The van der Waals surface area contributed by atoms with Gasteiger partial charge in [-0.05, 0) is 52.7 Å². The van der Waals surface area contributed by atoms with Crippen LogP contribution in [0.1, 0.15) is 11.1 Å². The predicted octanol–water partition coefficient (Wildman–Crippen LogP) is 4.06. The van der Waals surface area contributed by atoms with Crippen molar-refractivity contribution < 1.29 is 9.13 Å². The van der Waals surface area contributed by atoms with Crippen molar-refractivity contribution in [2.24, 2.45) is 0 Å². The molecule has 2 N–H and O–H groups in total. The zero-order chi connectivity index (χ0) is 13.1. The van der Waals surface area contributed by atoms with Gasteiger partial charge < -0.3 is 10.5 Å². The van der Waals surface area contributed by atoms with Crippen LogP contribution in [0.2, 0.25) is 0 Å². The summed E-state index contributed by atoms with van der Waals surface area (Å²) in [6, 6.07) is 10.3. The second kappa shape index (κ2) is 5.40. The smallest absolute Gasteiger partial charge is 0.126 e. The van der Waals surface area contributed by atoms with Gasteiger partial charge in [0.25, 0.3) is 0 Å². The van der Waals surface area contributed by atoms with Gasteiger partial charge in [-0.1, -0.05) is 12.1 Å². The molecule has 0 heterocycles. The Labute approximate surface area is 114 Å². The molecule has 2 aromatic carbocycles. The van der Waals surface area contributed by atoms with Crippen LogP contribution in [0.15, 0.2) is 40.9 Å². The van der Waals surface area contributed by atoms with E-state index in [0.717, 1.165) is 10.0 Å². The maximum absolute atomic E-state index is 13.1. The lowest BCUT2D eigenvalue weighted by Gasteiger charge is -2.10. The van der Waals surface area contributed by atoms with E-state index in [1.54, 1.807) is 19.1 Å². The Bertz CT molecular complexity index is 572. The molecule has 0 atom stereocenters. The van der Waals surface area contributed by atoms with Crippen molar-refractivity contribution in [3.63, 3.8) is 0 Å². The molecule has 0 radical (unpaired) electrons. The monoisotopic (exact) mass is 309 g/mol. The van der Waals surface area contributed by atoms with Crippen LogP contribution >= 0.6 is 15.9 Å². The van der Waals surface area contributed by atoms with E-state index in [9.17, 15) is 4.39 Å². The minimum absolute atomic E-state index is 0.229. The predicted molar refractivity (Wildman–Crippen MR) is 74.0 cm³/mol. The summed E-state index contributed by atoms with van der Waals surface area (Å²) in [5, 5.41) is 0. The highest BCUT2D eigenvalue weighted by atomic mass is 79.9. The molecule has 0 bridgehead atoms. The Balaban J connectivity index is 2.11. The molecule has 0 aliphatic heterocycles. The maximum Gasteiger partial charge on any atom is 0.126 e. The second-order valence-corrected chi connectivity index (χ2v) is 4.81. The summed E-state index contributed by atoms with van der Waals surface area (Å²) in [6.07, 6.45) is 0. The molecule has 4 heteroatoms. The third kappa shape index (κ3) is 2.82. The number of benzene rings is 2. The molecular weight excluding hydrogens is 297 g/mol. The molecule has 0 aliphatic carbocycles. The number of rotatable bonds is 3. The summed E-state index contributed by atoms with van der Waals surface area (Å²) < 4.78 is 19.5. The van der Waals surface area contributed by atoms with Gasteiger partial charge in [-0.25, -0.2) is 4.39 Å². The third-order valence-electron chi connectivity index (χ3n) is 2.63. The molecular formula is C14H13BrFNO. The van der Waals surface area contributed by atoms with Crippen LogP contribution in [-0.2, 0) is 6.61 Å². The number of hydrogen-bond donors (Lipinski definition) is 1. The van der Waals surface area contributed by atoms with Crippen molar-refractivity contribution in [2.45, 2.75) is 13.5 Å². The van der Waals surface area contributed by atoms with Crippen molar-refractivity contribution >= 4 is 21.6 Å². The van der Waals surface area contributed by atoms with E-state index in [0.29, 0.717) is 23.6 Å². The zero-order valence-corrected chi connectivity index (χ0v) is 11.5. The fourth-order valence-electron chi connectivity index (χ4n) is 1.58. The normalized spacial score (nSPS) is 10.4. The first-order chi connectivity index (χ1) is 8.58. The maximum atomic E-state index is 13.1. The number of ether oxygens (including phenoxy) is 1. The molecule has 94 valence electrons. The molecule has 0 unspecified atom stereocenters. The fourth-order valence-corrected chi connectivity index (χ4v) is 1.96. The van der Waals surface area contributed by atoms with E-state index >= 15 is 0 Å². The van der Waals surface area contributed by atoms with E-state index in [1.807, 2.05) is 18.2 Å². The highest BCUT2D eigenvalue weighted by Crippen LogP contribution is 2.25. The van der Waals surface area contributed by atoms with Crippen molar-refractivity contribution in [3.8, 4) is 5.75 Å². The standard InChI is InChI=1S/C14H13BrFNO/c1-9-7-11(5-6-12(9)16)18-8-10-3-2-4-13(17)14(10)15/h2-7H,8,17H2,1H3. The quantitative estimate of drug-likeness (QED) is 0.868. The fraction of sp³-hybridized carbons (Fsp3) is 0.143. The van der Waals surface area contributed by atoms with E-state index in [4.69, 9.17) is 10.5 Å². The number of nitrogens with two attached hydrogens (primary N) is 1. The summed E-state index contributed by atoms with van der Waals surface area (Å²) in [7, 11) is 0. The lowest BCUT2D eigenvalue weighted by atomic mass is 10.2. The molecule has 0 saturated heterocycles. The molecule has 2 rings (SSSR count). The van der Waals surface area contributed by atoms with Crippen LogP contribution in [0.4, 0.5) is 10.1 Å². The van der Waals surface area contributed by atoms with Gasteiger partial charge in [-0.2, -0.15) is 0 Å².